The van der Waals surface area contributed by atoms with E-state index >= 15 is 0 Å². The molecule has 1 fully saturated rings. The fourth-order valence-electron chi connectivity index (χ4n) is 5.70. The SMILES string of the molecule is CCCCCCCCCCCC[C@@H](O)C1CCC([C@H](O)CCCCCCCCCCNC(=O)c2ccsc2)O1. The molecular weight excluding hydrogens is 506 g/mol. The second kappa shape index (κ2) is 22.7. The normalized spacial score (nSPS) is 18.8. The Hall–Kier alpha value is -0.950. The zero-order valence-corrected chi connectivity index (χ0v) is 25.7. The van der Waals surface area contributed by atoms with Crippen molar-refractivity contribution in [2.75, 3.05) is 6.54 Å². The molecule has 0 spiro atoms. The Bertz CT molecular complexity index is 698. The smallest absolute Gasteiger partial charge is 0.252 e. The lowest BCUT2D eigenvalue weighted by atomic mass is 10.00. The molecular formula is C33H59NO4S. The van der Waals surface area contributed by atoms with Crippen molar-refractivity contribution in [3.05, 3.63) is 22.4 Å². The number of carbonyl (C=O) groups excluding carboxylic acids is 1. The minimum absolute atomic E-state index is 0.0393. The summed E-state index contributed by atoms with van der Waals surface area (Å²) >= 11 is 1.55. The van der Waals surface area contributed by atoms with Crippen LogP contribution < -0.4 is 5.32 Å². The van der Waals surface area contributed by atoms with E-state index < -0.39 is 6.10 Å². The Balaban J connectivity index is 1.36. The van der Waals surface area contributed by atoms with Crippen molar-refractivity contribution in [1.29, 1.82) is 0 Å². The first-order valence-corrected chi connectivity index (χ1v) is 17.4. The van der Waals surface area contributed by atoms with E-state index in [4.69, 9.17) is 4.74 Å². The first-order chi connectivity index (χ1) is 19.1. The Morgan fingerprint density at radius 3 is 1.72 bits per heavy atom. The number of hydrogen-bond donors (Lipinski definition) is 3. The molecule has 2 rings (SSSR count). The molecule has 1 saturated heterocycles. The van der Waals surface area contributed by atoms with Gasteiger partial charge in [-0.15, -0.1) is 0 Å². The average molecular weight is 566 g/mol. The van der Waals surface area contributed by atoms with Gasteiger partial charge in [-0.2, -0.15) is 11.3 Å². The Labute approximate surface area is 243 Å². The predicted molar refractivity (Wildman–Crippen MR) is 165 cm³/mol. The van der Waals surface area contributed by atoms with Gasteiger partial charge in [0.25, 0.3) is 5.91 Å². The van der Waals surface area contributed by atoms with E-state index in [1.54, 1.807) is 11.3 Å². The van der Waals surface area contributed by atoms with Crippen LogP contribution in [0.15, 0.2) is 16.8 Å². The van der Waals surface area contributed by atoms with Crippen LogP contribution in [0.5, 0.6) is 0 Å². The molecule has 0 radical (unpaired) electrons. The van der Waals surface area contributed by atoms with Gasteiger partial charge in [0.1, 0.15) is 0 Å². The summed E-state index contributed by atoms with van der Waals surface area (Å²) in [4.78, 5) is 11.9. The van der Waals surface area contributed by atoms with Crippen molar-refractivity contribution in [1.82, 2.24) is 5.32 Å². The molecule has 1 aliphatic heterocycles. The van der Waals surface area contributed by atoms with Gasteiger partial charge in [0.2, 0.25) is 0 Å². The van der Waals surface area contributed by atoms with Gasteiger partial charge in [0, 0.05) is 17.5 Å². The largest absolute Gasteiger partial charge is 0.390 e. The highest BCUT2D eigenvalue weighted by molar-refractivity contribution is 7.08. The summed E-state index contributed by atoms with van der Waals surface area (Å²) in [7, 11) is 0. The van der Waals surface area contributed by atoms with Crippen molar-refractivity contribution < 1.29 is 19.7 Å². The van der Waals surface area contributed by atoms with Gasteiger partial charge in [0.15, 0.2) is 0 Å². The second-order valence-corrected chi connectivity index (χ2v) is 12.6. The lowest BCUT2D eigenvalue weighted by Crippen LogP contribution is -2.31. The molecule has 1 amide bonds. The first kappa shape index (κ1) is 34.3. The van der Waals surface area contributed by atoms with Crippen molar-refractivity contribution in [3.63, 3.8) is 0 Å². The number of ether oxygens (including phenoxy) is 1. The molecule has 2 heterocycles. The molecule has 0 saturated carbocycles. The fraction of sp³-hybridized carbons (Fsp3) is 0.848. The lowest BCUT2D eigenvalue weighted by Gasteiger charge is -2.22. The van der Waals surface area contributed by atoms with Crippen LogP contribution in [-0.2, 0) is 4.74 Å². The Morgan fingerprint density at radius 2 is 1.26 bits per heavy atom. The minimum atomic E-state index is -0.399. The zero-order chi connectivity index (χ0) is 28.0. The van der Waals surface area contributed by atoms with Crippen LogP contribution in [0.2, 0.25) is 0 Å². The lowest BCUT2D eigenvalue weighted by molar-refractivity contribution is -0.0786. The molecule has 6 heteroatoms. The molecule has 226 valence electrons. The van der Waals surface area contributed by atoms with Crippen LogP contribution >= 0.6 is 11.3 Å². The van der Waals surface area contributed by atoms with Crippen LogP contribution in [-0.4, -0.2) is 47.1 Å². The van der Waals surface area contributed by atoms with Gasteiger partial charge in [0.05, 0.1) is 24.4 Å². The minimum Gasteiger partial charge on any atom is -0.390 e. The molecule has 0 aromatic carbocycles. The second-order valence-electron chi connectivity index (χ2n) is 11.8. The quantitative estimate of drug-likeness (QED) is 0.104. The number of hydrogen-bond acceptors (Lipinski definition) is 5. The van der Waals surface area contributed by atoms with Gasteiger partial charge >= 0.3 is 0 Å². The maximum atomic E-state index is 11.9. The van der Waals surface area contributed by atoms with Crippen LogP contribution in [0.25, 0.3) is 0 Å². The molecule has 5 nitrogen and oxygen atoms in total. The van der Waals surface area contributed by atoms with Gasteiger partial charge in [-0.1, -0.05) is 116 Å². The zero-order valence-electron chi connectivity index (χ0n) is 24.9. The van der Waals surface area contributed by atoms with E-state index in [-0.39, 0.29) is 24.2 Å². The Kier molecular flexibility index (Phi) is 19.9. The van der Waals surface area contributed by atoms with Crippen molar-refractivity contribution >= 4 is 17.2 Å². The fourth-order valence-corrected chi connectivity index (χ4v) is 6.34. The molecule has 1 aromatic rings. The van der Waals surface area contributed by atoms with Gasteiger partial charge in [-0.25, -0.2) is 0 Å². The number of unbranched alkanes of at least 4 members (excludes halogenated alkanes) is 16. The highest BCUT2D eigenvalue weighted by Crippen LogP contribution is 2.28. The maximum Gasteiger partial charge on any atom is 0.252 e. The van der Waals surface area contributed by atoms with Gasteiger partial charge in [-0.3, -0.25) is 4.79 Å². The number of rotatable bonds is 25. The highest BCUT2D eigenvalue weighted by atomic mass is 32.1. The van der Waals surface area contributed by atoms with Gasteiger partial charge < -0.3 is 20.3 Å². The molecule has 0 bridgehead atoms. The number of aliphatic hydroxyl groups excluding tert-OH is 2. The Morgan fingerprint density at radius 1 is 0.795 bits per heavy atom. The van der Waals surface area contributed by atoms with Crippen LogP contribution in [0.1, 0.15) is 159 Å². The summed E-state index contributed by atoms with van der Waals surface area (Å²) in [6.07, 6.45) is 24.8. The average Bonchev–Trinajstić information content (AvgIpc) is 3.66. The third-order valence-electron chi connectivity index (χ3n) is 8.29. The summed E-state index contributed by atoms with van der Waals surface area (Å²) in [5.74, 6) is 0.0393. The topological polar surface area (TPSA) is 78.8 Å². The standard InChI is InChI=1S/C33H59NO4S/c1-2-3-4-5-6-7-8-11-14-17-20-29(35)31-22-23-32(38-31)30(36)21-18-15-12-9-10-13-16-19-25-34-33(37)28-24-26-39-27-28/h24,26-27,29-32,35-36H,2-23,25H2,1H3,(H,34,37)/t29-,30-,31?,32?/m1/s1. The van der Waals surface area contributed by atoms with Crippen molar-refractivity contribution in [2.24, 2.45) is 0 Å². The van der Waals surface area contributed by atoms with Gasteiger partial charge in [-0.05, 0) is 43.6 Å². The summed E-state index contributed by atoms with van der Waals surface area (Å²) in [5, 5.41) is 28.0. The van der Waals surface area contributed by atoms with Crippen molar-refractivity contribution in [3.8, 4) is 0 Å². The maximum absolute atomic E-state index is 11.9. The molecule has 4 atom stereocenters. The summed E-state index contributed by atoms with van der Waals surface area (Å²) in [6.45, 7) is 3.02. The molecule has 1 aliphatic rings. The molecule has 39 heavy (non-hydrogen) atoms. The highest BCUT2D eigenvalue weighted by Gasteiger charge is 2.33. The number of carbonyl (C=O) groups is 1. The predicted octanol–water partition coefficient (Wildman–Crippen LogP) is 8.57. The third kappa shape index (κ3) is 16.2. The van der Waals surface area contributed by atoms with Crippen LogP contribution in [0.4, 0.5) is 0 Å². The van der Waals surface area contributed by atoms with Crippen molar-refractivity contribution in [2.45, 2.75) is 173 Å². The number of aliphatic hydroxyl groups is 2. The molecule has 0 aliphatic carbocycles. The van der Waals surface area contributed by atoms with E-state index in [1.807, 2.05) is 16.8 Å². The number of nitrogens with one attached hydrogen (secondary N) is 1. The van der Waals surface area contributed by atoms with Crippen LogP contribution in [0, 0.1) is 0 Å². The number of amides is 1. The van der Waals surface area contributed by atoms with E-state index in [0.29, 0.717) is 0 Å². The van der Waals surface area contributed by atoms with Crippen LogP contribution in [0.3, 0.4) is 0 Å². The molecule has 2 unspecified atom stereocenters. The number of thiophene rings is 1. The summed E-state index contributed by atoms with van der Waals surface area (Å²) < 4.78 is 6.08. The third-order valence-corrected chi connectivity index (χ3v) is 8.98. The van der Waals surface area contributed by atoms with E-state index in [0.717, 1.165) is 69.9 Å². The van der Waals surface area contributed by atoms with E-state index in [2.05, 4.69) is 12.2 Å². The summed E-state index contributed by atoms with van der Waals surface area (Å²) in [6, 6.07) is 1.86. The molecule has 1 aromatic heterocycles. The summed E-state index contributed by atoms with van der Waals surface area (Å²) in [5.41, 5.74) is 0.765. The van der Waals surface area contributed by atoms with E-state index in [1.165, 1.54) is 83.5 Å². The van der Waals surface area contributed by atoms with E-state index in [9.17, 15) is 15.0 Å². The monoisotopic (exact) mass is 565 g/mol. The first-order valence-electron chi connectivity index (χ1n) is 16.4. The molecule has 3 N–H and O–H groups in total.